The van der Waals surface area contributed by atoms with E-state index in [1.807, 2.05) is 0 Å². The highest BCUT2D eigenvalue weighted by Gasteiger charge is 2.12. The number of methoxy groups -OCH3 is 1. The van der Waals surface area contributed by atoms with E-state index >= 15 is 0 Å². The summed E-state index contributed by atoms with van der Waals surface area (Å²) in [5.41, 5.74) is 3.26. The third-order valence-electron chi connectivity index (χ3n) is 5.48. The van der Waals surface area contributed by atoms with Crippen molar-refractivity contribution in [1.82, 2.24) is 20.3 Å². The molecule has 1 amide bonds. The van der Waals surface area contributed by atoms with E-state index in [2.05, 4.69) is 20.8 Å². The van der Waals surface area contributed by atoms with Crippen molar-refractivity contribution in [3.8, 4) is 22.8 Å². The average Bonchev–Trinajstić information content (AvgIpc) is 3.56. The third-order valence-corrected chi connectivity index (χ3v) is 6.80. The van der Waals surface area contributed by atoms with Crippen LogP contribution in [-0.4, -0.2) is 33.1 Å². The topological polar surface area (TPSA) is 94.2 Å². The molecule has 8 nitrogen and oxygen atoms in total. The molecule has 2 N–H and O–H groups in total. The minimum atomic E-state index is -0.436. The highest BCUT2D eigenvalue weighted by Crippen LogP contribution is 2.34. The van der Waals surface area contributed by atoms with Crippen LogP contribution in [0.5, 0.6) is 5.75 Å². The lowest BCUT2D eigenvalue weighted by Crippen LogP contribution is -2.32. The first-order valence-electron chi connectivity index (χ1n) is 11.4. The molecule has 0 saturated carbocycles. The van der Waals surface area contributed by atoms with Gasteiger partial charge >= 0.3 is 0 Å². The Morgan fingerprint density at radius 2 is 1.82 bits per heavy atom. The molecule has 0 aliphatic carbocycles. The number of thiocarbonyl (C=S) groups is 1. The maximum absolute atomic E-state index is 12.4. The van der Waals surface area contributed by atoms with Crippen LogP contribution in [0.3, 0.4) is 0 Å². The third kappa shape index (κ3) is 6.07. The largest absolute Gasteiger partial charge is 0.495 e. The summed E-state index contributed by atoms with van der Waals surface area (Å²) in [7, 11) is 1.55. The van der Waals surface area contributed by atoms with Crippen LogP contribution in [0, 0.1) is 0 Å². The molecule has 196 valence electrons. The SMILES string of the molecule is COc1ccc(-n2nc3ccc(NC(=S)NC(=O)C=Cc4ccc(-c5cccc(Cl)c5Cl)o4)cc3n2)cc1Cl. The molecule has 0 aliphatic heterocycles. The van der Waals surface area contributed by atoms with Gasteiger partial charge in [0.15, 0.2) is 5.11 Å². The number of hydrogen-bond donors (Lipinski definition) is 2. The molecule has 0 atom stereocenters. The normalized spacial score (nSPS) is 11.2. The molecule has 0 fully saturated rings. The van der Waals surface area contributed by atoms with E-state index in [0.717, 1.165) is 0 Å². The standard InChI is InChI=1S/C27H18Cl3N5O3S/c1-37-24-10-6-16(14-20(24)29)35-33-21-9-5-15(13-22(21)34-35)31-27(39)32-25(36)12-8-17-7-11-23(38-17)18-3-2-4-19(28)26(18)30/h2-14H,1H3,(H2,31,32,36,39). The number of nitrogens with zero attached hydrogens (tertiary/aromatic N) is 3. The Kier molecular flexibility index (Phi) is 7.85. The van der Waals surface area contributed by atoms with Crippen LogP contribution in [0.2, 0.25) is 15.1 Å². The molecule has 0 aliphatic rings. The molecule has 39 heavy (non-hydrogen) atoms. The number of halogens is 3. The fourth-order valence-corrected chi connectivity index (χ4v) is 4.51. The molecule has 0 spiro atoms. The fourth-order valence-electron chi connectivity index (χ4n) is 3.64. The number of fused-ring (bicyclic) bond motifs is 1. The van der Waals surface area contributed by atoms with Crippen molar-refractivity contribution in [1.29, 1.82) is 0 Å². The summed E-state index contributed by atoms with van der Waals surface area (Å²) in [5.74, 6) is 1.11. The first-order valence-corrected chi connectivity index (χ1v) is 12.9. The second-order valence-electron chi connectivity index (χ2n) is 8.09. The van der Waals surface area contributed by atoms with Gasteiger partial charge in [0.25, 0.3) is 0 Å². The summed E-state index contributed by atoms with van der Waals surface area (Å²) >= 11 is 23.8. The molecule has 5 aromatic rings. The monoisotopic (exact) mass is 597 g/mol. The minimum Gasteiger partial charge on any atom is -0.495 e. The zero-order chi connectivity index (χ0) is 27.5. The van der Waals surface area contributed by atoms with Gasteiger partial charge < -0.3 is 14.5 Å². The van der Waals surface area contributed by atoms with Gasteiger partial charge in [0.05, 0.1) is 27.9 Å². The van der Waals surface area contributed by atoms with E-state index in [0.29, 0.717) is 60.3 Å². The molecular formula is C27H18Cl3N5O3S. The number of carbonyl (C=O) groups is 1. The summed E-state index contributed by atoms with van der Waals surface area (Å²) in [6, 6.07) is 19.3. The maximum atomic E-state index is 12.4. The van der Waals surface area contributed by atoms with Crippen molar-refractivity contribution in [3.05, 3.63) is 93.6 Å². The summed E-state index contributed by atoms with van der Waals surface area (Å²) in [6.45, 7) is 0. The minimum absolute atomic E-state index is 0.115. The van der Waals surface area contributed by atoms with E-state index in [9.17, 15) is 4.79 Å². The van der Waals surface area contributed by atoms with Crippen molar-refractivity contribution in [3.63, 3.8) is 0 Å². The number of furan rings is 1. The second kappa shape index (κ2) is 11.5. The van der Waals surface area contributed by atoms with Gasteiger partial charge in [-0.05, 0) is 79.0 Å². The van der Waals surface area contributed by atoms with Gasteiger partial charge in [0, 0.05) is 17.3 Å². The van der Waals surface area contributed by atoms with Gasteiger partial charge in [-0.2, -0.15) is 4.80 Å². The molecule has 2 heterocycles. The van der Waals surface area contributed by atoms with E-state index in [-0.39, 0.29) is 5.11 Å². The number of anilines is 1. The van der Waals surface area contributed by atoms with E-state index in [1.165, 1.54) is 16.9 Å². The van der Waals surface area contributed by atoms with Crippen LogP contribution >= 0.6 is 47.0 Å². The number of carbonyl (C=O) groups excluding carboxylic acids is 1. The van der Waals surface area contributed by atoms with Crippen LogP contribution < -0.4 is 15.4 Å². The van der Waals surface area contributed by atoms with Crippen LogP contribution in [0.4, 0.5) is 5.69 Å². The lowest BCUT2D eigenvalue weighted by molar-refractivity contribution is -0.115. The molecular weight excluding hydrogens is 581 g/mol. The molecule has 2 aromatic heterocycles. The number of nitrogens with one attached hydrogen (secondary N) is 2. The van der Waals surface area contributed by atoms with Crippen LogP contribution in [0.25, 0.3) is 34.1 Å². The summed E-state index contributed by atoms with van der Waals surface area (Å²) in [4.78, 5) is 13.9. The fraction of sp³-hybridized carbons (Fsp3) is 0.0370. The van der Waals surface area contributed by atoms with Crippen molar-refractivity contribution in [2.75, 3.05) is 12.4 Å². The lowest BCUT2D eigenvalue weighted by atomic mass is 10.2. The van der Waals surface area contributed by atoms with Crippen LogP contribution in [0.15, 0.2) is 77.2 Å². The Morgan fingerprint density at radius 1 is 1.00 bits per heavy atom. The summed E-state index contributed by atoms with van der Waals surface area (Å²) in [6.07, 6.45) is 2.83. The Bertz CT molecular complexity index is 1750. The van der Waals surface area contributed by atoms with Gasteiger partial charge in [-0.3, -0.25) is 10.1 Å². The number of benzene rings is 3. The Morgan fingerprint density at radius 3 is 2.62 bits per heavy atom. The van der Waals surface area contributed by atoms with E-state index in [1.54, 1.807) is 73.8 Å². The van der Waals surface area contributed by atoms with Gasteiger partial charge in [-0.1, -0.05) is 40.9 Å². The summed E-state index contributed by atoms with van der Waals surface area (Å²) < 4.78 is 11.0. The van der Waals surface area contributed by atoms with Crippen molar-refractivity contribution >= 4 is 80.8 Å². The van der Waals surface area contributed by atoms with E-state index < -0.39 is 5.91 Å². The summed E-state index contributed by atoms with van der Waals surface area (Å²) in [5, 5.41) is 15.9. The molecule has 5 rings (SSSR count). The van der Waals surface area contributed by atoms with E-state index in [4.69, 9.17) is 56.2 Å². The van der Waals surface area contributed by atoms with Crippen LogP contribution in [0.1, 0.15) is 5.76 Å². The molecule has 3 aromatic carbocycles. The number of hydrogen-bond acceptors (Lipinski definition) is 6. The number of rotatable bonds is 6. The second-order valence-corrected chi connectivity index (χ2v) is 9.69. The Hall–Kier alpha value is -3.89. The molecule has 0 radical (unpaired) electrons. The van der Waals surface area contributed by atoms with Gasteiger partial charge in [-0.15, -0.1) is 10.2 Å². The number of aromatic nitrogens is 3. The quantitative estimate of drug-likeness (QED) is 0.158. The first kappa shape index (κ1) is 26.7. The first-order chi connectivity index (χ1) is 18.8. The number of ether oxygens (including phenoxy) is 1. The lowest BCUT2D eigenvalue weighted by Gasteiger charge is -2.07. The van der Waals surface area contributed by atoms with Crippen molar-refractivity contribution in [2.45, 2.75) is 0 Å². The molecule has 0 bridgehead atoms. The van der Waals surface area contributed by atoms with Gasteiger partial charge in [0.2, 0.25) is 5.91 Å². The Balaban J connectivity index is 1.21. The van der Waals surface area contributed by atoms with Crippen LogP contribution in [-0.2, 0) is 4.79 Å². The van der Waals surface area contributed by atoms with Gasteiger partial charge in [-0.25, -0.2) is 0 Å². The zero-order valence-electron chi connectivity index (χ0n) is 20.1. The highest BCUT2D eigenvalue weighted by molar-refractivity contribution is 7.80. The molecule has 0 saturated heterocycles. The molecule has 12 heteroatoms. The van der Waals surface area contributed by atoms with Gasteiger partial charge in [0.1, 0.15) is 28.3 Å². The predicted molar refractivity (Wildman–Crippen MR) is 158 cm³/mol. The maximum Gasteiger partial charge on any atom is 0.250 e. The number of amides is 1. The van der Waals surface area contributed by atoms with Crippen molar-refractivity contribution in [2.24, 2.45) is 0 Å². The Labute approximate surface area is 243 Å². The highest BCUT2D eigenvalue weighted by atomic mass is 35.5. The predicted octanol–water partition coefficient (Wildman–Crippen LogP) is 7.18. The smallest absolute Gasteiger partial charge is 0.250 e. The molecule has 0 unspecified atom stereocenters. The average molecular weight is 599 g/mol. The van der Waals surface area contributed by atoms with Crippen molar-refractivity contribution < 1.29 is 13.9 Å². The zero-order valence-corrected chi connectivity index (χ0v) is 23.2.